The molecule has 6 heteroatoms. The van der Waals surface area contributed by atoms with Crippen LogP contribution in [0.15, 0.2) is 16.5 Å². The molecular formula is C12H15NO5. The highest BCUT2D eigenvalue weighted by Crippen LogP contribution is 2.14. The van der Waals surface area contributed by atoms with Crippen molar-refractivity contribution in [2.24, 2.45) is 0 Å². The van der Waals surface area contributed by atoms with Gasteiger partial charge in [-0.15, -0.1) is 0 Å². The molecule has 1 aromatic rings. The van der Waals surface area contributed by atoms with Gasteiger partial charge in [-0.3, -0.25) is 4.79 Å². The first-order valence-electron chi connectivity index (χ1n) is 5.90. The SMILES string of the molecule is O=C(O)c1ccc(C(=O)NCCC2CCCO2)o1. The molecule has 18 heavy (non-hydrogen) atoms. The maximum Gasteiger partial charge on any atom is 0.371 e. The highest BCUT2D eigenvalue weighted by molar-refractivity contribution is 5.93. The van der Waals surface area contributed by atoms with Gasteiger partial charge in [0.25, 0.3) is 5.91 Å². The van der Waals surface area contributed by atoms with Crippen molar-refractivity contribution in [2.75, 3.05) is 13.2 Å². The van der Waals surface area contributed by atoms with Crippen LogP contribution in [0.2, 0.25) is 0 Å². The van der Waals surface area contributed by atoms with Crippen molar-refractivity contribution in [1.82, 2.24) is 5.32 Å². The summed E-state index contributed by atoms with van der Waals surface area (Å²) in [6, 6.07) is 2.61. The molecule has 2 heterocycles. The lowest BCUT2D eigenvalue weighted by atomic mass is 10.2. The molecule has 1 amide bonds. The lowest BCUT2D eigenvalue weighted by molar-refractivity contribution is 0.0659. The number of furan rings is 1. The normalized spacial score (nSPS) is 18.8. The lowest BCUT2D eigenvalue weighted by Gasteiger charge is -2.09. The van der Waals surface area contributed by atoms with E-state index in [0.717, 1.165) is 25.9 Å². The molecule has 0 spiro atoms. The third-order valence-electron chi connectivity index (χ3n) is 2.82. The number of aromatic carboxylic acids is 1. The van der Waals surface area contributed by atoms with Gasteiger partial charge in [0.15, 0.2) is 5.76 Å². The molecule has 2 rings (SSSR count). The van der Waals surface area contributed by atoms with Crippen LogP contribution in [-0.2, 0) is 4.74 Å². The Morgan fingerprint density at radius 2 is 2.17 bits per heavy atom. The first kappa shape index (κ1) is 12.6. The lowest BCUT2D eigenvalue weighted by Crippen LogP contribution is -2.26. The largest absolute Gasteiger partial charge is 0.475 e. The number of carbonyl (C=O) groups excluding carboxylic acids is 1. The van der Waals surface area contributed by atoms with Gasteiger partial charge in [-0.05, 0) is 31.4 Å². The van der Waals surface area contributed by atoms with Gasteiger partial charge in [0.2, 0.25) is 5.76 Å². The minimum absolute atomic E-state index is 0.0136. The summed E-state index contributed by atoms with van der Waals surface area (Å²) in [4.78, 5) is 22.2. The fraction of sp³-hybridized carbons (Fsp3) is 0.500. The summed E-state index contributed by atoms with van der Waals surface area (Å²) in [5.74, 6) is -1.81. The molecule has 0 radical (unpaired) electrons. The molecule has 0 saturated carbocycles. The van der Waals surface area contributed by atoms with Crippen molar-refractivity contribution in [3.05, 3.63) is 23.7 Å². The summed E-state index contributed by atoms with van der Waals surface area (Å²) in [6.07, 6.45) is 3.08. The van der Waals surface area contributed by atoms with Gasteiger partial charge in [-0.2, -0.15) is 0 Å². The molecule has 1 aliphatic rings. The predicted octanol–water partition coefficient (Wildman–Crippen LogP) is 1.28. The molecule has 0 aliphatic carbocycles. The van der Waals surface area contributed by atoms with Gasteiger partial charge in [0.1, 0.15) is 0 Å². The second-order valence-corrected chi connectivity index (χ2v) is 4.15. The monoisotopic (exact) mass is 253 g/mol. The molecule has 2 N–H and O–H groups in total. The van der Waals surface area contributed by atoms with Gasteiger partial charge in [-0.25, -0.2) is 4.79 Å². The first-order valence-corrected chi connectivity index (χ1v) is 5.90. The summed E-state index contributed by atoms with van der Waals surface area (Å²) in [7, 11) is 0. The van der Waals surface area contributed by atoms with E-state index < -0.39 is 11.9 Å². The van der Waals surface area contributed by atoms with Crippen molar-refractivity contribution in [1.29, 1.82) is 0 Å². The molecule has 1 atom stereocenters. The Morgan fingerprint density at radius 3 is 2.78 bits per heavy atom. The highest BCUT2D eigenvalue weighted by Gasteiger charge is 2.17. The minimum atomic E-state index is -1.19. The Bertz CT molecular complexity index is 433. The van der Waals surface area contributed by atoms with E-state index in [2.05, 4.69) is 5.32 Å². The van der Waals surface area contributed by atoms with Gasteiger partial charge >= 0.3 is 5.97 Å². The van der Waals surface area contributed by atoms with Gasteiger partial charge in [0.05, 0.1) is 6.10 Å². The van der Waals surface area contributed by atoms with Crippen molar-refractivity contribution >= 4 is 11.9 Å². The van der Waals surface area contributed by atoms with E-state index >= 15 is 0 Å². The third-order valence-corrected chi connectivity index (χ3v) is 2.82. The van der Waals surface area contributed by atoms with Crippen LogP contribution in [0, 0.1) is 0 Å². The van der Waals surface area contributed by atoms with E-state index in [-0.39, 0.29) is 17.6 Å². The maximum atomic E-state index is 11.6. The van der Waals surface area contributed by atoms with Crippen LogP contribution in [0.4, 0.5) is 0 Å². The van der Waals surface area contributed by atoms with Crippen molar-refractivity contribution in [2.45, 2.75) is 25.4 Å². The average Bonchev–Trinajstić information content (AvgIpc) is 2.99. The molecule has 1 fully saturated rings. The van der Waals surface area contributed by atoms with Crippen molar-refractivity contribution < 1.29 is 23.8 Å². The molecule has 98 valence electrons. The van der Waals surface area contributed by atoms with Crippen LogP contribution in [0.25, 0.3) is 0 Å². The summed E-state index contributed by atoms with van der Waals surface area (Å²) < 4.78 is 10.3. The molecule has 1 aromatic heterocycles. The molecule has 1 unspecified atom stereocenters. The standard InChI is InChI=1S/C12H15NO5/c14-11(9-3-4-10(18-9)12(15)16)13-6-5-8-2-1-7-17-8/h3-4,8H,1-2,5-7H2,(H,13,14)(H,15,16). The van der Waals surface area contributed by atoms with E-state index in [4.69, 9.17) is 14.3 Å². The van der Waals surface area contributed by atoms with E-state index in [1.807, 2.05) is 0 Å². The van der Waals surface area contributed by atoms with Gasteiger partial charge in [0, 0.05) is 13.2 Å². The van der Waals surface area contributed by atoms with E-state index in [9.17, 15) is 9.59 Å². The Morgan fingerprint density at radius 1 is 1.39 bits per heavy atom. The molecule has 1 aliphatic heterocycles. The average molecular weight is 253 g/mol. The maximum absolute atomic E-state index is 11.6. The van der Waals surface area contributed by atoms with Gasteiger partial charge in [-0.1, -0.05) is 0 Å². The number of amides is 1. The molecule has 6 nitrogen and oxygen atoms in total. The van der Waals surface area contributed by atoms with Crippen molar-refractivity contribution in [3.63, 3.8) is 0 Å². The Balaban J connectivity index is 1.77. The van der Waals surface area contributed by atoms with Crippen LogP contribution >= 0.6 is 0 Å². The number of rotatable bonds is 5. The highest BCUT2D eigenvalue weighted by atomic mass is 16.5. The number of nitrogens with one attached hydrogen (secondary N) is 1. The zero-order valence-electron chi connectivity index (χ0n) is 9.85. The van der Waals surface area contributed by atoms with E-state index in [1.165, 1.54) is 12.1 Å². The minimum Gasteiger partial charge on any atom is -0.475 e. The Labute approximate surface area is 104 Å². The molecule has 0 aromatic carbocycles. The quantitative estimate of drug-likeness (QED) is 0.825. The van der Waals surface area contributed by atoms with E-state index in [1.54, 1.807) is 0 Å². The fourth-order valence-corrected chi connectivity index (χ4v) is 1.88. The zero-order valence-corrected chi connectivity index (χ0v) is 9.85. The number of hydrogen-bond donors (Lipinski definition) is 2. The predicted molar refractivity (Wildman–Crippen MR) is 61.6 cm³/mol. The van der Waals surface area contributed by atoms with Crippen LogP contribution in [0.1, 0.15) is 40.4 Å². The smallest absolute Gasteiger partial charge is 0.371 e. The van der Waals surface area contributed by atoms with Crippen LogP contribution in [-0.4, -0.2) is 36.2 Å². The molecule has 0 bridgehead atoms. The molecular weight excluding hydrogens is 238 g/mol. The zero-order chi connectivity index (χ0) is 13.0. The van der Waals surface area contributed by atoms with Crippen molar-refractivity contribution in [3.8, 4) is 0 Å². The van der Waals surface area contributed by atoms with Crippen LogP contribution < -0.4 is 5.32 Å². The summed E-state index contributed by atoms with van der Waals surface area (Å²) in [5.41, 5.74) is 0. The summed E-state index contributed by atoms with van der Waals surface area (Å²) >= 11 is 0. The molecule has 1 saturated heterocycles. The number of carbonyl (C=O) groups is 2. The Kier molecular flexibility index (Phi) is 3.99. The topological polar surface area (TPSA) is 88.8 Å². The number of hydrogen-bond acceptors (Lipinski definition) is 4. The number of ether oxygens (including phenoxy) is 1. The number of carboxylic acid groups (broad SMARTS) is 1. The second-order valence-electron chi connectivity index (χ2n) is 4.15. The second kappa shape index (κ2) is 5.68. The fourth-order valence-electron chi connectivity index (χ4n) is 1.88. The van der Waals surface area contributed by atoms with Crippen LogP contribution in [0.3, 0.4) is 0 Å². The first-order chi connectivity index (χ1) is 8.66. The number of carboxylic acids is 1. The summed E-state index contributed by atoms with van der Waals surface area (Å²) in [6.45, 7) is 1.28. The Hall–Kier alpha value is -1.82. The summed E-state index contributed by atoms with van der Waals surface area (Å²) in [5, 5.41) is 11.3. The van der Waals surface area contributed by atoms with Crippen LogP contribution in [0.5, 0.6) is 0 Å². The van der Waals surface area contributed by atoms with E-state index in [0.29, 0.717) is 6.54 Å². The third kappa shape index (κ3) is 3.10. The van der Waals surface area contributed by atoms with Gasteiger partial charge < -0.3 is 19.6 Å².